The molecule has 0 bridgehead atoms. The van der Waals surface area contributed by atoms with Crippen LogP contribution in [0.5, 0.6) is 0 Å². The summed E-state index contributed by atoms with van der Waals surface area (Å²) in [4.78, 5) is 12.1. The Hall–Kier alpha value is -1.33. The van der Waals surface area contributed by atoms with E-state index in [1.807, 2.05) is 29.8 Å². The first-order valence-electron chi connectivity index (χ1n) is 5.62. The highest BCUT2D eigenvalue weighted by molar-refractivity contribution is 9.13. The lowest BCUT2D eigenvalue weighted by Crippen LogP contribution is -2.01. The maximum absolute atomic E-state index is 12.1. The molecular weight excluding hydrogens is 374 g/mol. The molecule has 0 aliphatic carbocycles. The van der Waals surface area contributed by atoms with Crippen molar-refractivity contribution in [2.75, 3.05) is 0 Å². The summed E-state index contributed by atoms with van der Waals surface area (Å²) in [6.07, 6.45) is 0. The monoisotopic (exact) mass is 381 g/mol. The van der Waals surface area contributed by atoms with Crippen LogP contribution in [0.2, 0.25) is 0 Å². The summed E-state index contributed by atoms with van der Waals surface area (Å²) in [6.45, 7) is 0. The summed E-state index contributed by atoms with van der Waals surface area (Å²) in [6, 6.07) is 10.7. The van der Waals surface area contributed by atoms with Crippen molar-refractivity contribution in [2.45, 2.75) is 0 Å². The van der Waals surface area contributed by atoms with Crippen LogP contribution in [0.4, 0.5) is 0 Å². The van der Waals surface area contributed by atoms with E-state index < -0.39 is 0 Å². The van der Waals surface area contributed by atoms with Crippen molar-refractivity contribution >= 4 is 42.8 Å². The summed E-state index contributed by atoms with van der Waals surface area (Å²) >= 11 is 6.91. The van der Waals surface area contributed by atoms with Crippen molar-refractivity contribution in [3.63, 3.8) is 0 Å². The molecule has 0 saturated heterocycles. The standard InChI is InChI=1S/C14H9Br2NO2/c1-17-10(6-9(15)14(17)16)13-7-11(18)8-4-2-3-5-12(8)19-13/h2-7H,1H3. The molecule has 19 heavy (non-hydrogen) atoms. The molecule has 0 N–H and O–H groups in total. The first-order chi connectivity index (χ1) is 9.08. The van der Waals surface area contributed by atoms with Gasteiger partial charge in [-0.25, -0.2) is 0 Å². The van der Waals surface area contributed by atoms with Crippen molar-refractivity contribution in [1.82, 2.24) is 4.57 Å². The van der Waals surface area contributed by atoms with E-state index in [1.165, 1.54) is 6.07 Å². The summed E-state index contributed by atoms with van der Waals surface area (Å²) in [5.41, 5.74) is 1.39. The number of para-hydroxylation sites is 1. The Labute approximate surface area is 126 Å². The van der Waals surface area contributed by atoms with Gasteiger partial charge in [0.25, 0.3) is 0 Å². The fourth-order valence-corrected chi connectivity index (χ4v) is 2.80. The Morgan fingerprint density at radius 1 is 1.16 bits per heavy atom. The molecule has 0 fully saturated rings. The van der Waals surface area contributed by atoms with Gasteiger partial charge in [-0.2, -0.15) is 0 Å². The van der Waals surface area contributed by atoms with Gasteiger partial charge in [0, 0.05) is 13.1 Å². The average molecular weight is 383 g/mol. The molecule has 0 saturated carbocycles. The number of benzene rings is 1. The minimum atomic E-state index is -0.0368. The van der Waals surface area contributed by atoms with Crippen molar-refractivity contribution in [2.24, 2.45) is 7.05 Å². The van der Waals surface area contributed by atoms with Crippen LogP contribution in [-0.2, 0) is 7.05 Å². The minimum Gasteiger partial charge on any atom is -0.454 e. The van der Waals surface area contributed by atoms with Crippen molar-refractivity contribution < 1.29 is 4.42 Å². The number of rotatable bonds is 1. The maximum Gasteiger partial charge on any atom is 0.193 e. The summed E-state index contributed by atoms with van der Waals surface area (Å²) in [5, 5.41) is 0.596. The minimum absolute atomic E-state index is 0.0368. The quantitative estimate of drug-likeness (QED) is 0.628. The molecule has 0 aliphatic rings. The normalized spacial score (nSPS) is 11.1. The van der Waals surface area contributed by atoms with Gasteiger partial charge >= 0.3 is 0 Å². The summed E-state index contributed by atoms with van der Waals surface area (Å²) in [7, 11) is 1.90. The molecule has 5 heteroatoms. The van der Waals surface area contributed by atoms with Gasteiger partial charge in [-0.3, -0.25) is 4.79 Å². The first kappa shape index (κ1) is 12.7. The van der Waals surface area contributed by atoms with E-state index in [-0.39, 0.29) is 5.43 Å². The third-order valence-electron chi connectivity index (χ3n) is 3.00. The molecule has 1 aromatic carbocycles. The SMILES string of the molecule is Cn1c(-c2cc(=O)c3ccccc3o2)cc(Br)c1Br. The third kappa shape index (κ3) is 2.07. The largest absolute Gasteiger partial charge is 0.454 e. The average Bonchev–Trinajstić information content (AvgIpc) is 2.66. The fraction of sp³-hybridized carbons (Fsp3) is 0.0714. The second-order valence-electron chi connectivity index (χ2n) is 4.20. The van der Waals surface area contributed by atoms with Gasteiger partial charge in [0.2, 0.25) is 0 Å². The Kier molecular flexibility index (Phi) is 3.11. The number of halogens is 2. The van der Waals surface area contributed by atoms with Crippen LogP contribution in [0, 0.1) is 0 Å². The molecule has 96 valence electrons. The van der Waals surface area contributed by atoms with E-state index in [0.29, 0.717) is 16.7 Å². The molecule has 0 radical (unpaired) electrons. The summed E-state index contributed by atoms with van der Waals surface area (Å²) < 4.78 is 9.55. The Bertz CT molecular complexity index is 833. The summed E-state index contributed by atoms with van der Waals surface area (Å²) in [5.74, 6) is 0.553. The number of nitrogens with zero attached hydrogens (tertiary/aromatic N) is 1. The fourth-order valence-electron chi connectivity index (χ4n) is 2.01. The van der Waals surface area contributed by atoms with E-state index in [1.54, 1.807) is 12.1 Å². The lowest BCUT2D eigenvalue weighted by Gasteiger charge is -2.04. The van der Waals surface area contributed by atoms with E-state index in [0.717, 1.165) is 14.8 Å². The Morgan fingerprint density at radius 3 is 2.58 bits per heavy atom. The van der Waals surface area contributed by atoms with Crippen LogP contribution in [0.3, 0.4) is 0 Å². The molecule has 3 rings (SSSR count). The highest BCUT2D eigenvalue weighted by atomic mass is 79.9. The van der Waals surface area contributed by atoms with Crippen molar-refractivity contribution in [3.8, 4) is 11.5 Å². The zero-order chi connectivity index (χ0) is 13.6. The predicted octanol–water partition coefficient (Wildman–Crippen LogP) is 4.32. The van der Waals surface area contributed by atoms with Crippen LogP contribution in [-0.4, -0.2) is 4.57 Å². The molecular formula is C14H9Br2NO2. The van der Waals surface area contributed by atoms with Gasteiger partial charge in [0.1, 0.15) is 5.58 Å². The van der Waals surface area contributed by atoms with Gasteiger partial charge in [-0.1, -0.05) is 12.1 Å². The molecule has 2 aromatic heterocycles. The lowest BCUT2D eigenvalue weighted by atomic mass is 10.2. The molecule has 2 heterocycles. The number of fused-ring (bicyclic) bond motifs is 1. The second kappa shape index (κ2) is 4.65. The van der Waals surface area contributed by atoms with Crippen molar-refractivity contribution in [1.29, 1.82) is 0 Å². The van der Waals surface area contributed by atoms with Crippen LogP contribution in [0.15, 0.2) is 54.7 Å². The van der Waals surface area contributed by atoms with E-state index >= 15 is 0 Å². The van der Waals surface area contributed by atoms with Crippen LogP contribution >= 0.6 is 31.9 Å². The molecule has 0 aliphatic heterocycles. The predicted molar refractivity (Wildman–Crippen MR) is 82.3 cm³/mol. The van der Waals surface area contributed by atoms with E-state index in [2.05, 4.69) is 31.9 Å². The molecule has 0 unspecified atom stereocenters. The lowest BCUT2D eigenvalue weighted by molar-refractivity contribution is 0.611. The van der Waals surface area contributed by atoms with E-state index in [9.17, 15) is 4.79 Å². The zero-order valence-corrected chi connectivity index (χ0v) is 13.2. The van der Waals surface area contributed by atoms with Gasteiger partial charge < -0.3 is 8.98 Å². The van der Waals surface area contributed by atoms with Gasteiger partial charge in [-0.15, -0.1) is 0 Å². The van der Waals surface area contributed by atoms with Gasteiger partial charge in [0.05, 0.1) is 20.2 Å². The topological polar surface area (TPSA) is 35.1 Å². The number of aromatic nitrogens is 1. The Balaban J connectivity index is 2.31. The number of hydrogen-bond donors (Lipinski definition) is 0. The van der Waals surface area contributed by atoms with Crippen molar-refractivity contribution in [3.05, 3.63) is 55.7 Å². The van der Waals surface area contributed by atoms with E-state index in [4.69, 9.17) is 4.42 Å². The highest BCUT2D eigenvalue weighted by Gasteiger charge is 2.13. The number of hydrogen-bond acceptors (Lipinski definition) is 2. The third-order valence-corrected chi connectivity index (χ3v) is 5.10. The van der Waals surface area contributed by atoms with Gasteiger partial charge in [-0.05, 0) is 50.1 Å². The molecule has 3 aromatic rings. The zero-order valence-electron chi connectivity index (χ0n) is 9.98. The van der Waals surface area contributed by atoms with Gasteiger partial charge in [0.15, 0.2) is 11.2 Å². The molecule has 3 nitrogen and oxygen atoms in total. The van der Waals surface area contributed by atoms with Crippen LogP contribution in [0.25, 0.3) is 22.4 Å². The second-order valence-corrected chi connectivity index (χ2v) is 5.80. The maximum atomic E-state index is 12.1. The molecule has 0 spiro atoms. The van der Waals surface area contributed by atoms with Crippen LogP contribution in [0.1, 0.15) is 0 Å². The first-order valence-corrected chi connectivity index (χ1v) is 7.20. The Morgan fingerprint density at radius 2 is 1.89 bits per heavy atom. The molecule has 0 atom stereocenters. The smallest absolute Gasteiger partial charge is 0.193 e. The highest BCUT2D eigenvalue weighted by Crippen LogP contribution is 2.32. The van der Waals surface area contributed by atoms with Crippen LogP contribution < -0.4 is 5.43 Å². The molecule has 0 amide bonds.